The van der Waals surface area contributed by atoms with E-state index < -0.39 is 8.86 Å². The molecule has 2 rings (SSSR count). The molecule has 0 bridgehead atoms. The molecule has 17 heavy (non-hydrogen) atoms. The maximum atomic E-state index is 11.6. The number of hydrogen-bond acceptors (Lipinski definition) is 6. The molecule has 0 saturated carbocycles. The zero-order valence-electron chi connectivity index (χ0n) is 9.52. The fraction of sp³-hybridized carbons (Fsp3) is 0.400. The maximum Gasteiger partial charge on any atom is 0.176 e. The highest BCUT2D eigenvalue weighted by atomic mass is 33.5. The molecule has 1 aromatic carbocycles. The Labute approximate surface area is 110 Å². The second kappa shape index (κ2) is 5.51. The second-order valence-electron chi connectivity index (χ2n) is 3.34. The van der Waals surface area contributed by atoms with Gasteiger partial charge in [-0.05, 0) is 46.2 Å². The number of methoxy groups -OCH3 is 2. The first-order chi connectivity index (χ1) is 8.21. The van der Waals surface area contributed by atoms with E-state index in [-0.39, 0.29) is 0 Å². The van der Waals surface area contributed by atoms with Crippen molar-refractivity contribution in [2.75, 3.05) is 20.8 Å². The predicted octanol–water partition coefficient (Wildman–Crippen LogP) is 1.98. The van der Waals surface area contributed by atoms with Crippen molar-refractivity contribution in [2.24, 2.45) is 5.73 Å². The van der Waals surface area contributed by atoms with Gasteiger partial charge in [0.25, 0.3) is 0 Å². The summed E-state index contributed by atoms with van der Waals surface area (Å²) < 4.78 is 22.3. The van der Waals surface area contributed by atoms with E-state index in [9.17, 15) is 4.21 Å². The third-order valence-electron chi connectivity index (χ3n) is 2.37. The standard InChI is InChI=1S/C10H13NO3S3/c1-13-7-5-6(3-4-11)9-10(8(7)14-2)16-17(12)15-9/h5H,3-4,11H2,1-2H3. The van der Waals surface area contributed by atoms with Gasteiger partial charge in [-0.15, -0.1) is 0 Å². The minimum atomic E-state index is -0.998. The van der Waals surface area contributed by atoms with Crippen LogP contribution in [0, 0.1) is 0 Å². The largest absolute Gasteiger partial charge is 0.493 e. The monoisotopic (exact) mass is 291 g/mol. The van der Waals surface area contributed by atoms with Crippen molar-refractivity contribution in [3.63, 3.8) is 0 Å². The first-order valence-corrected chi connectivity index (χ1v) is 8.79. The summed E-state index contributed by atoms with van der Waals surface area (Å²) in [6.45, 7) is 0.555. The van der Waals surface area contributed by atoms with Crippen molar-refractivity contribution < 1.29 is 13.7 Å². The summed E-state index contributed by atoms with van der Waals surface area (Å²) >= 11 is 0. The zero-order valence-corrected chi connectivity index (χ0v) is 12.0. The number of ether oxygens (including phenoxy) is 2. The molecule has 0 amide bonds. The van der Waals surface area contributed by atoms with Gasteiger partial charge in [0.05, 0.1) is 19.1 Å². The van der Waals surface area contributed by atoms with E-state index in [1.165, 1.54) is 21.6 Å². The van der Waals surface area contributed by atoms with Crippen molar-refractivity contribution in [1.29, 1.82) is 0 Å². The first kappa shape index (κ1) is 13.1. The van der Waals surface area contributed by atoms with Crippen molar-refractivity contribution >= 4 is 30.5 Å². The molecule has 1 unspecified atom stereocenters. The summed E-state index contributed by atoms with van der Waals surface area (Å²) in [6.07, 6.45) is 0.743. The van der Waals surface area contributed by atoms with Crippen LogP contribution in [-0.4, -0.2) is 25.0 Å². The van der Waals surface area contributed by atoms with Crippen molar-refractivity contribution in [3.8, 4) is 11.5 Å². The lowest BCUT2D eigenvalue weighted by atomic mass is 10.1. The maximum absolute atomic E-state index is 11.6. The predicted molar refractivity (Wildman–Crippen MR) is 72.2 cm³/mol. The molecule has 7 heteroatoms. The minimum absolute atomic E-state index is 0.555. The van der Waals surface area contributed by atoms with Gasteiger partial charge in [0.1, 0.15) is 0 Å². The Morgan fingerprint density at radius 1 is 1.29 bits per heavy atom. The number of fused-ring (bicyclic) bond motifs is 1. The van der Waals surface area contributed by atoms with Crippen LogP contribution in [0.1, 0.15) is 5.56 Å². The minimum Gasteiger partial charge on any atom is -0.493 e. The Bertz CT molecular complexity index is 465. The van der Waals surface area contributed by atoms with E-state index >= 15 is 0 Å². The van der Waals surface area contributed by atoms with E-state index in [4.69, 9.17) is 15.2 Å². The van der Waals surface area contributed by atoms with Crippen LogP contribution < -0.4 is 15.2 Å². The number of benzene rings is 1. The lowest BCUT2D eigenvalue weighted by Crippen LogP contribution is -2.05. The molecule has 1 heterocycles. The average Bonchev–Trinajstić information content (AvgIpc) is 2.70. The van der Waals surface area contributed by atoms with E-state index in [0.29, 0.717) is 18.0 Å². The molecular formula is C10H13NO3S3. The number of hydrogen-bond donors (Lipinski definition) is 1. The normalized spacial score (nSPS) is 17.9. The van der Waals surface area contributed by atoms with Crippen LogP contribution in [0.4, 0.5) is 0 Å². The van der Waals surface area contributed by atoms with Gasteiger partial charge in [0.2, 0.25) is 0 Å². The number of nitrogens with two attached hydrogens (primary N) is 1. The molecule has 1 aliphatic rings. The number of rotatable bonds is 4. The average molecular weight is 291 g/mol. The van der Waals surface area contributed by atoms with Crippen LogP contribution in [-0.2, 0) is 15.3 Å². The summed E-state index contributed by atoms with van der Waals surface area (Å²) in [4.78, 5) is 1.91. The lowest BCUT2D eigenvalue weighted by molar-refractivity contribution is 0.345. The Morgan fingerprint density at radius 3 is 2.59 bits per heavy atom. The Hall–Kier alpha value is -0.370. The summed E-state index contributed by atoms with van der Waals surface area (Å²) in [7, 11) is 4.84. The molecule has 0 radical (unpaired) electrons. The zero-order chi connectivity index (χ0) is 12.4. The fourth-order valence-electron chi connectivity index (χ4n) is 1.66. The molecule has 0 fully saturated rings. The fourth-order valence-corrected chi connectivity index (χ4v) is 6.93. The Balaban J connectivity index is 2.58. The third kappa shape index (κ3) is 2.42. The Morgan fingerprint density at radius 2 is 2.00 bits per heavy atom. The molecule has 4 nitrogen and oxygen atoms in total. The molecule has 0 aromatic heterocycles. The molecule has 1 aromatic rings. The highest BCUT2D eigenvalue weighted by Crippen LogP contribution is 2.55. The molecule has 0 spiro atoms. The van der Waals surface area contributed by atoms with Crippen LogP contribution in [0.5, 0.6) is 11.5 Å². The summed E-state index contributed by atoms with van der Waals surface area (Å²) in [5, 5.41) is 0. The quantitative estimate of drug-likeness (QED) is 0.856. The van der Waals surface area contributed by atoms with Crippen LogP contribution in [0.3, 0.4) is 0 Å². The third-order valence-corrected chi connectivity index (χ3v) is 7.01. The van der Waals surface area contributed by atoms with Gasteiger partial charge < -0.3 is 15.2 Å². The molecule has 0 saturated heterocycles. The van der Waals surface area contributed by atoms with Gasteiger partial charge in [0, 0.05) is 4.90 Å². The molecule has 0 aliphatic carbocycles. The SMILES string of the molecule is COc1cc(CCN)c2c(c1OC)SS(=O)S2. The summed E-state index contributed by atoms with van der Waals surface area (Å²) in [5.41, 5.74) is 6.66. The van der Waals surface area contributed by atoms with Gasteiger partial charge in [-0.25, -0.2) is 4.21 Å². The van der Waals surface area contributed by atoms with E-state index in [0.717, 1.165) is 21.8 Å². The summed E-state index contributed by atoms with van der Waals surface area (Å²) in [5.74, 6) is 1.33. The van der Waals surface area contributed by atoms with Crippen LogP contribution >= 0.6 is 21.6 Å². The van der Waals surface area contributed by atoms with Crippen molar-refractivity contribution in [3.05, 3.63) is 11.6 Å². The molecule has 94 valence electrons. The molecular weight excluding hydrogens is 278 g/mol. The van der Waals surface area contributed by atoms with Gasteiger partial charge in [-0.2, -0.15) is 0 Å². The van der Waals surface area contributed by atoms with Gasteiger partial charge in [-0.3, -0.25) is 0 Å². The van der Waals surface area contributed by atoms with Gasteiger partial charge in [0.15, 0.2) is 20.4 Å². The smallest absolute Gasteiger partial charge is 0.176 e. The molecule has 1 aliphatic heterocycles. The van der Waals surface area contributed by atoms with Crippen LogP contribution in [0.2, 0.25) is 0 Å². The topological polar surface area (TPSA) is 61.6 Å². The van der Waals surface area contributed by atoms with Crippen molar-refractivity contribution in [2.45, 2.75) is 16.2 Å². The van der Waals surface area contributed by atoms with Gasteiger partial charge >= 0.3 is 0 Å². The Kier molecular flexibility index (Phi) is 4.24. The van der Waals surface area contributed by atoms with E-state index in [1.807, 2.05) is 6.07 Å². The second-order valence-corrected chi connectivity index (χ2v) is 8.35. The van der Waals surface area contributed by atoms with Crippen LogP contribution in [0.25, 0.3) is 0 Å². The summed E-state index contributed by atoms with van der Waals surface area (Å²) in [6, 6.07) is 1.92. The molecule has 2 N–H and O–H groups in total. The first-order valence-electron chi connectivity index (χ1n) is 4.97. The van der Waals surface area contributed by atoms with Gasteiger partial charge in [-0.1, -0.05) is 0 Å². The van der Waals surface area contributed by atoms with E-state index in [1.54, 1.807) is 14.2 Å². The lowest BCUT2D eigenvalue weighted by Gasteiger charge is -2.13. The highest BCUT2D eigenvalue weighted by Gasteiger charge is 2.29. The molecule has 1 atom stereocenters. The van der Waals surface area contributed by atoms with Crippen LogP contribution in [0.15, 0.2) is 15.9 Å². The van der Waals surface area contributed by atoms with E-state index in [2.05, 4.69) is 0 Å². The van der Waals surface area contributed by atoms with Crippen molar-refractivity contribution in [1.82, 2.24) is 0 Å². The highest BCUT2D eigenvalue weighted by molar-refractivity contribution is 9.03.